The molecule has 0 aliphatic carbocycles. The van der Waals surface area contributed by atoms with Crippen LogP contribution in [0.4, 0.5) is 0 Å². The molecule has 4 nitrogen and oxygen atoms in total. The van der Waals surface area contributed by atoms with Crippen molar-refractivity contribution in [3.8, 4) is 17.2 Å². The van der Waals surface area contributed by atoms with Crippen LogP contribution in [-0.2, 0) is 6.42 Å². The predicted molar refractivity (Wildman–Crippen MR) is 81.2 cm³/mol. The lowest BCUT2D eigenvalue weighted by Gasteiger charge is -2.29. The van der Waals surface area contributed by atoms with Crippen LogP contribution in [0.3, 0.4) is 0 Å². The third-order valence-corrected chi connectivity index (χ3v) is 3.94. The second-order valence-corrected chi connectivity index (χ2v) is 5.10. The summed E-state index contributed by atoms with van der Waals surface area (Å²) in [6, 6.07) is 11.3. The van der Waals surface area contributed by atoms with Gasteiger partial charge in [-0.25, -0.2) is 0 Å². The fraction of sp³-hybridized carbons (Fsp3) is 0.294. The van der Waals surface area contributed by atoms with Crippen molar-refractivity contribution in [2.75, 3.05) is 20.8 Å². The Morgan fingerprint density at radius 1 is 1.10 bits per heavy atom. The van der Waals surface area contributed by atoms with Gasteiger partial charge in [-0.2, -0.15) is 0 Å². The zero-order chi connectivity index (χ0) is 14.8. The monoisotopic (exact) mass is 285 g/mol. The fourth-order valence-electron chi connectivity index (χ4n) is 2.96. The first kappa shape index (κ1) is 13.8. The number of hydrogen-bond donors (Lipinski definition) is 2. The number of aromatic hydroxyl groups is 1. The Morgan fingerprint density at radius 2 is 1.81 bits per heavy atom. The van der Waals surface area contributed by atoms with Crippen LogP contribution in [0.1, 0.15) is 22.7 Å². The standard InChI is InChI=1S/C17H19NO3/c1-20-14-4-3-5-15(21-2)16(14)17-13-10-12(19)7-6-11(13)8-9-18-17/h3-7,10,17-19H,8-9H2,1-2H3. The highest BCUT2D eigenvalue weighted by molar-refractivity contribution is 5.53. The van der Waals surface area contributed by atoms with Crippen molar-refractivity contribution in [2.45, 2.75) is 12.5 Å². The van der Waals surface area contributed by atoms with E-state index in [-0.39, 0.29) is 11.8 Å². The van der Waals surface area contributed by atoms with Crippen LogP contribution in [-0.4, -0.2) is 25.9 Å². The average Bonchev–Trinajstić information content (AvgIpc) is 2.53. The van der Waals surface area contributed by atoms with Crippen LogP contribution in [0, 0.1) is 0 Å². The molecule has 0 aromatic heterocycles. The summed E-state index contributed by atoms with van der Waals surface area (Å²) in [5.74, 6) is 1.84. The van der Waals surface area contributed by atoms with Gasteiger partial charge in [0.05, 0.1) is 25.8 Å². The van der Waals surface area contributed by atoms with Crippen molar-refractivity contribution in [1.29, 1.82) is 0 Å². The number of methoxy groups -OCH3 is 2. The number of fused-ring (bicyclic) bond motifs is 1. The van der Waals surface area contributed by atoms with E-state index in [0.717, 1.165) is 35.6 Å². The molecule has 0 fully saturated rings. The van der Waals surface area contributed by atoms with Crippen molar-refractivity contribution in [2.24, 2.45) is 0 Å². The highest BCUT2D eigenvalue weighted by atomic mass is 16.5. The fourth-order valence-corrected chi connectivity index (χ4v) is 2.96. The van der Waals surface area contributed by atoms with Gasteiger partial charge in [-0.1, -0.05) is 12.1 Å². The normalized spacial score (nSPS) is 17.1. The van der Waals surface area contributed by atoms with E-state index < -0.39 is 0 Å². The van der Waals surface area contributed by atoms with Crippen molar-refractivity contribution < 1.29 is 14.6 Å². The third-order valence-electron chi connectivity index (χ3n) is 3.94. The Labute approximate surface area is 124 Å². The Bertz CT molecular complexity index is 632. The number of rotatable bonds is 3. The molecule has 0 radical (unpaired) electrons. The zero-order valence-electron chi connectivity index (χ0n) is 12.2. The molecule has 1 aliphatic heterocycles. The summed E-state index contributed by atoms with van der Waals surface area (Å²) in [6.45, 7) is 0.879. The molecule has 0 spiro atoms. The molecular formula is C17H19NO3. The van der Waals surface area contributed by atoms with E-state index in [1.54, 1.807) is 20.3 Å². The van der Waals surface area contributed by atoms with E-state index in [2.05, 4.69) is 5.32 Å². The maximum absolute atomic E-state index is 9.82. The summed E-state index contributed by atoms with van der Waals surface area (Å²) in [6.07, 6.45) is 0.948. The van der Waals surface area contributed by atoms with E-state index in [0.29, 0.717) is 0 Å². The minimum absolute atomic E-state index is 0.0491. The van der Waals surface area contributed by atoms with Gasteiger partial charge in [0.1, 0.15) is 17.2 Å². The third kappa shape index (κ3) is 2.43. The van der Waals surface area contributed by atoms with Crippen LogP contribution in [0.5, 0.6) is 17.2 Å². The topological polar surface area (TPSA) is 50.7 Å². The molecule has 1 atom stereocenters. The molecule has 2 aromatic rings. The van der Waals surface area contributed by atoms with Gasteiger partial charge in [0, 0.05) is 6.54 Å². The van der Waals surface area contributed by atoms with Crippen LogP contribution < -0.4 is 14.8 Å². The maximum Gasteiger partial charge on any atom is 0.127 e. The molecule has 1 unspecified atom stereocenters. The first-order chi connectivity index (χ1) is 10.2. The Kier molecular flexibility index (Phi) is 3.71. The largest absolute Gasteiger partial charge is 0.508 e. The zero-order valence-corrected chi connectivity index (χ0v) is 12.2. The molecular weight excluding hydrogens is 266 g/mol. The van der Waals surface area contributed by atoms with Crippen LogP contribution >= 0.6 is 0 Å². The van der Waals surface area contributed by atoms with Gasteiger partial charge in [0.25, 0.3) is 0 Å². The predicted octanol–water partition coefficient (Wildman–Crippen LogP) is 2.64. The van der Waals surface area contributed by atoms with Gasteiger partial charge in [-0.05, 0) is 41.8 Å². The highest BCUT2D eigenvalue weighted by Gasteiger charge is 2.27. The molecule has 0 amide bonds. The average molecular weight is 285 g/mol. The molecule has 1 aliphatic rings. The number of nitrogens with one attached hydrogen (secondary N) is 1. The van der Waals surface area contributed by atoms with Crippen LogP contribution in [0.15, 0.2) is 36.4 Å². The van der Waals surface area contributed by atoms with Gasteiger partial charge in [0.2, 0.25) is 0 Å². The molecule has 0 saturated heterocycles. The van der Waals surface area contributed by atoms with Crippen LogP contribution in [0.2, 0.25) is 0 Å². The summed E-state index contributed by atoms with van der Waals surface area (Å²) in [7, 11) is 3.31. The van der Waals surface area contributed by atoms with E-state index in [9.17, 15) is 5.11 Å². The second kappa shape index (κ2) is 5.66. The van der Waals surface area contributed by atoms with Crippen molar-refractivity contribution in [3.05, 3.63) is 53.1 Å². The lowest BCUT2D eigenvalue weighted by atomic mass is 9.88. The SMILES string of the molecule is COc1cccc(OC)c1C1NCCc2ccc(O)cc21. The van der Waals surface area contributed by atoms with E-state index in [4.69, 9.17) is 9.47 Å². The highest BCUT2D eigenvalue weighted by Crippen LogP contribution is 2.40. The molecule has 2 aromatic carbocycles. The second-order valence-electron chi connectivity index (χ2n) is 5.10. The number of benzene rings is 2. The lowest BCUT2D eigenvalue weighted by molar-refractivity contribution is 0.374. The number of ether oxygens (including phenoxy) is 2. The molecule has 1 heterocycles. The van der Waals surface area contributed by atoms with Gasteiger partial charge in [-0.3, -0.25) is 0 Å². The first-order valence-electron chi connectivity index (χ1n) is 7.00. The number of hydrogen-bond acceptors (Lipinski definition) is 4. The van der Waals surface area contributed by atoms with E-state index in [1.165, 1.54) is 5.56 Å². The Morgan fingerprint density at radius 3 is 2.48 bits per heavy atom. The molecule has 110 valence electrons. The maximum atomic E-state index is 9.82. The molecule has 21 heavy (non-hydrogen) atoms. The van der Waals surface area contributed by atoms with Crippen molar-refractivity contribution in [1.82, 2.24) is 5.32 Å². The summed E-state index contributed by atoms with van der Waals surface area (Å²) in [5, 5.41) is 13.3. The van der Waals surface area contributed by atoms with Gasteiger partial charge >= 0.3 is 0 Å². The summed E-state index contributed by atoms with van der Waals surface area (Å²) < 4.78 is 11.0. The van der Waals surface area contributed by atoms with Gasteiger partial charge in [-0.15, -0.1) is 0 Å². The van der Waals surface area contributed by atoms with Gasteiger partial charge in [0.15, 0.2) is 0 Å². The first-order valence-corrected chi connectivity index (χ1v) is 7.00. The van der Waals surface area contributed by atoms with E-state index >= 15 is 0 Å². The smallest absolute Gasteiger partial charge is 0.127 e. The molecule has 0 saturated carbocycles. The summed E-state index contributed by atoms with van der Waals surface area (Å²) >= 11 is 0. The molecule has 0 bridgehead atoms. The quantitative estimate of drug-likeness (QED) is 0.910. The summed E-state index contributed by atoms with van der Waals surface area (Å²) in [5.41, 5.74) is 3.28. The van der Waals surface area contributed by atoms with E-state index in [1.807, 2.05) is 30.3 Å². The van der Waals surface area contributed by atoms with Crippen molar-refractivity contribution >= 4 is 0 Å². The van der Waals surface area contributed by atoms with Gasteiger partial charge < -0.3 is 19.9 Å². The minimum Gasteiger partial charge on any atom is -0.508 e. The van der Waals surface area contributed by atoms with Crippen LogP contribution in [0.25, 0.3) is 0 Å². The Balaban J connectivity index is 2.17. The minimum atomic E-state index is -0.0491. The molecule has 3 rings (SSSR count). The molecule has 4 heteroatoms. The number of phenolic OH excluding ortho intramolecular Hbond substituents is 1. The molecule has 2 N–H and O–H groups in total. The summed E-state index contributed by atoms with van der Waals surface area (Å²) in [4.78, 5) is 0. The lowest BCUT2D eigenvalue weighted by Crippen LogP contribution is -2.31. The number of phenols is 1. The Hall–Kier alpha value is -2.20. The van der Waals surface area contributed by atoms with Crippen molar-refractivity contribution in [3.63, 3.8) is 0 Å².